The van der Waals surface area contributed by atoms with E-state index in [4.69, 9.17) is 9.47 Å². The molecule has 0 radical (unpaired) electrons. The molecule has 0 aliphatic carbocycles. The van der Waals surface area contributed by atoms with Gasteiger partial charge in [-0.25, -0.2) is 0 Å². The molecular weight excluding hydrogens is 312 g/mol. The number of unbranched alkanes of at least 4 members (excludes halogenated alkanes) is 1. The molecule has 1 aliphatic heterocycles. The van der Waals surface area contributed by atoms with Crippen molar-refractivity contribution >= 4 is 0 Å². The molecule has 0 spiro atoms. The Kier molecular flexibility index (Phi) is 10.1. The molecule has 4 nitrogen and oxygen atoms in total. The van der Waals surface area contributed by atoms with E-state index >= 15 is 0 Å². The summed E-state index contributed by atoms with van der Waals surface area (Å²) in [5.74, 6) is 0. The van der Waals surface area contributed by atoms with Crippen LogP contribution in [0.1, 0.15) is 37.3 Å². The van der Waals surface area contributed by atoms with Crippen molar-refractivity contribution in [1.29, 1.82) is 0 Å². The Bertz CT molecular complexity index is 442. The van der Waals surface area contributed by atoms with E-state index in [0.29, 0.717) is 0 Å². The van der Waals surface area contributed by atoms with E-state index in [0.717, 1.165) is 78.5 Å². The molecule has 2 rings (SSSR count). The van der Waals surface area contributed by atoms with Crippen LogP contribution in [0.15, 0.2) is 24.3 Å². The van der Waals surface area contributed by atoms with Gasteiger partial charge in [0.1, 0.15) is 0 Å². The quantitative estimate of drug-likeness (QED) is 0.541. The van der Waals surface area contributed by atoms with E-state index in [-0.39, 0.29) is 0 Å². The molecule has 4 heteroatoms. The molecule has 1 saturated heterocycles. The van der Waals surface area contributed by atoms with Crippen LogP contribution in [0.25, 0.3) is 0 Å². The summed E-state index contributed by atoms with van der Waals surface area (Å²) in [6, 6.07) is 8.92. The number of benzene rings is 1. The van der Waals surface area contributed by atoms with Crippen LogP contribution in [0.5, 0.6) is 0 Å². The average Bonchev–Trinajstić information content (AvgIpc) is 2.63. The highest BCUT2D eigenvalue weighted by Crippen LogP contribution is 2.09. The number of rotatable bonds is 12. The second kappa shape index (κ2) is 12.4. The smallest absolute Gasteiger partial charge is 0.0593 e. The Morgan fingerprint density at radius 3 is 2.08 bits per heavy atom. The highest BCUT2D eigenvalue weighted by molar-refractivity contribution is 5.21. The van der Waals surface area contributed by atoms with Crippen LogP contribution < -0.4 is 0 Å². The van der Waals surface area contributed by atoms with Gasteiger partial charge in [0.25, 0.3) is 0 Å². The maximum atomic E-state index is 5.74. The van der Waals surface area contributed by atoms with Gasteiger partial charge in [-0.2, -0.15) is 0 Å². The summed E-state index contributed by atoms with van der Waals surface area (Å²) in [6.45, 7) is 14.4. The summed E-state index contributed by atoms with van der Waals surface area (Å²) in [7, 11) is 0. The zero-order valence-corrected chi connectivity index (χ0v) is 16.2. The first kappa shape index (κ1) is 20.4. The van der Waals surface area contributed by atoms with Gasteiger partial charge in [-0.05, 0) is 25.3 Å². The lowest BCUT2D eigenvalue weighted by atomic mass is 10.1. The van der Waals surface area contributed by atoms with Crippen LogP contribution >= 0.6 is 0 Å². The normalized spacial score (nSPS) is 16.4. The molecule has 0 atom stereocenters. The molecule has 142 valence electrons. The van der Waals surface area contributed by atoms with E-state index in [1.54, 1.807) is 0 Å². The third-order valence-corrected chi connectivity index (χ3v) is 4.76. The predicted molar refractivity (Wildman–Crippen MR) is 104 cm³/mol. The summed E-state index contributed by atoms with van der Waals surface area (Å²) in [4.78, 5) is 5.07. The average molecular weight is 349 g/mol. The summed E-state index contributed by atoms with van der Waals surface area (Å²) in [5, 5.41) is 0. The van der Waals surface area contributed by atoms with E-state index in [1.807, 2.05) is 0 Å². The molecule has 1 heterocycles. The van der Waals surface area contributed by atoms with E-state index in [1.165, 1.54) is 17.5 Å². The Hall–Kier alpha value is -0.940. The first-order valence-electron chi connectivity index (χ1n) is 9.93. The fraction of sp³-hybridized carbons (Fsp3) is 0.714. The second-order valence-electron chi connectivity index (χ2n) is 7.04. The number of nitrogens with zero attached hydrogens (tertiary/aromatic N) is 2. The minimum Gasteiger partial charge on any atom is -0.381 e. The van der Waals surface area contributed by atoms with Crippen LogP contribution in [0.3, 0.4) is 0 Å². The van der Waals surface area contributed by atoms with Gasteiger partial charge in [0.05, 0.1) is 6.61 Å². The van der Waals surface area contributed by atoms with Crippen LogP contribution in [-0.4, -0.2) is 69.0 Å². The maximum absolute atomic E-state index is 5.74. The summed E-state index contributed by atoms with van der Waals surface area (Å²) in [6.07, 6.45) is 3.37. The van der Waals surface area contributed by atoms with Crippen molar-refractivity contribution in [2.24, 2.45) is 0 Å². The molecule has 1 aromatic carbocycles. The van der Waals surface area contributed by atoms with Gasteiger partial charge in [0.15, 0.2) is 0 Å². The fourth-order valence-corrected chi connectivity index (χ4v) is 3.03. The molecule has 0 unspecified atom stereocenters. The lowest BCUT2D eigenvalue weighted by Gasteiger charge is -2.34. The minimum absolute atomic E-state index is 0.819. The maximum Gasteiger partial charge on any atom is 0.0593 e. The largest absolute Gasteiger partial charge is 0.381 e. The number of aryl methyl sites for hydroxylation is 1. The van der Waals surface area contributed by atoms with Gasteiger partial charge < -0.3 is 9.47 Å². The zero-order valence-electron chi connectivity index (χ0n) is 16.2. The van der Waals surface area contributed by atoms with Crippen molar-refractivity contribution in [3.8, 4) is 0 Å². The summed E-state index contributed by atoms with van der Waals surface area (Å²) >= 11 is 0. The van der Waals surface area contributed by atoms with Gasteiger partial charge in [0.2, 0.25) is 0 Å². The molecule has 1 aromatic rings. The van der Waals surface area contributed by atoms with Crippen molar-refractivity contribution in [3.05, 3.63) is 35.4 Å². The molecule has 1 aliphatic rings. The first-order valence-corrected chi connectivity index (χ1v) is 9.93. The van der Waals surface area contributed by atoms with Gasteiger partial charge in [-0.1, -0.05) is 43.2 Å². The standard InChI is InChI=1S/C21H36N2O2/c1-3-4-15-24-16-5-17-25-18-14-22-10-12-23(13-11-22)19-21-8-6-20(2)7-9-21/h6-9H,3-5,10-19H2,1-2H3. The van der Waals surface area contributed by atoms with Gasteiger partial charge >= 0.3 is 0 Å². The summed E-state index contributed by atoms with van der Waals surface area (Å²) in [5.41, 5.74) is 2.75. The Morgan fingerprint density at radius 2 is 1.40 bits per heavy atom. The Balaban J connectivity index is 1.46. The topological polar surface area (TPSA) is 24.9 Å². The first-order chi connectivity index (χ1) is 12.3. The lowest BCUT2D eigenvalue weighted by Crippen LogP contribution is -2.46. The van der Waals surface area contributed by atoms with E-state index < -0.39 is 0 Å². The predicted octanol–water partition coefficient (Wildman–Crippen LogP) is 3.34. The molecule has 0 amide bonds. The van der Waals surface area contributed by atoms with Crippen molar-refractivity contribution in [2.75, 3.05) is 59.2 Å². The molecule has 0 saturated carbocycles. The van der Waals surface area contributed by atoms with E-state index in [9.17, 15) is 0 Å². The lowest BCUT2D eigenvalue weighted by molar-refractivity contribution is 0.0564. The monoisotopic (exact) mass is 348 g/mol. The van der Waals surface area contributed by atoms with E-state index in [2.05, 4.69) is 47.9 Å². The fourth-order valence-electron chi connectivity index (χ4n) is 3.03. The number of hydrogen-bond acceptors (Lipinski definition) is 4. The number of ether oxygens (including phenoxy) is 2. The number of hydrogen-bond donors (Lipinski definition) is 0. The third kappa shape index (κ3) is 8.82. The molecule has 0 bridgehead atoms. The Morgan fingerprint density at radius 1 is 0.800 bits per heavy atom. The SMILES string of the molecule is CCCCOCCCOCCN1CCN(Cc2ccc(C)cc2)CC1. The molecule has 0 N–H and O–H groups in total. The van der Waals surface area contributed by atoms with Crippen LogP contribution in [0.4, 0.5) is 0 Å². The van der Waals surface area contributed by atoms with Crippen molar-refractivity contribution in [3.63, 3.8) is 0 Å². The molecule has 0 aromatic heterocycles. The molecule has 25 heavy (non-hydrogen) atoms. The van der Waals surface area contributed by atoms with Gasteiger partial charge in [-0.3, -0.25) is 9.80 Å². The van der Waals surface area contributed by atoms with Crippen LogP contribution in [0, 0.1) is 6.92 Å². The highest BCUT2D eigenvalue weighted by atomic mass is 16.5. The van der Waals surface area contributed by atoms with Crippen molar-refractivity contribution < 1.29 is 9.47 Å². The number of piperazine rings is 1. The summed E-state index contributed by atoms with van der Waals surface area (Å²) < 4.78 is 11.3. The molecular formula is C21H36N2O2. The third-order valence-electron chi connectivity index (χ3n) is 4.76. The van der Waals surface area contributed by atoms with Gasteiger partial charge in [0, 0.05) is 59.1 Å². The van der Waals surface area contributed by atoms with Crippen molar-refractivity contribution in [1.82, 2.24) is 9.80 Å². The molecule has 1 fully saturated rings. The Labute approximate surface area is 154 Å². The minimum atomic E-state index is 0.819. The zero-order chi connectivity index (χ0) is 17.7. The highest BCUT2D eigenvalue weighted by Gasteiger charge is 2.16. The van der Waals surface area contributed by atoms with Crippen LogP contribution in [0.2, 0.25) is 0 Å². The van der Waals surface area contributed by atoms with Crippen LogP contribution in [-0.2, 0) is 16.0 Å². The van der Waals surface area contributed by atoms with Crippen molar-refractivity contribution in [2.45, 2.75) is 39.7 Å². The van der Waals surface area contributed by atoms with Gasteiger partial charge in [-0.15, -0.1) is 0 Å². The second-order valence-corrected chi connectivity index (χ2v) is 7.04.